The van der Waals surface area contributed by atoms with Crippen molar-refractivity contribution >= 4 is 22.8 Å². The number of benzene rings is 2. The highest BCUT2D eigenvalue weighted by atomic mass is 19.1. The number of carbonyl (C=O) groups excluding carboxylic acids is 2. The first-order valence-corrected chi connectivity index (χ1v) is 8.24. The van der Waals surface area contributed by atoms with E-state index in [-0.39, 0.29) is 18.4 Å². The van der Waals surface area contributed by atoms with Gasteiger partial charge in [-0.15, -0.1) is 0 Å². The van der Waals surface area contributed by atoms with Crippen LogP contribution in [-0.2, 0) is 27.2 Å². The smallest absolute Gasteiger partial charge is 0.328 e. The number of carbonyl (C=O) groups is 2. The Morgan fingerprint density at radius 1 is 1.12 bits per heavy atom. The number of esters is 1. The van der Waals surface area contributed by atoms with E-state index in [1.807, 2.05) is 30.5 Å². The van der Waals surface area contributed by atoms with Crippen molar-refractivity contribution in [2.75, 3.05) is 7.11 Å². The van der Waals surface area contributed by atoms with Gasteiger partial charge in [-0.2, -0.15) is 0 Å². The van der Waals surface area contributed by atoms with Gasteiger partial charge in [0, 0.05) is 23.5 Å². The van der Waals surface area contributed by atoms with E-state index in [4.69, 9.17) is 4.74 Å². The van der Waals surface area contributed by atoms with Gasteiger partial charge in [0.1, 0.15) is 11.9 Å². The lowest BCUT2D eigenvalue weighted by Gasteiger charge is -2.16. The van der Waals surface area contributed by atoms with Gasteiger partial charge in [0.05, 0.1) is 13.5 Å². The molecule has 0 saturated heterocycles. The maximum absolute atomic E-state index is 13.7. The second kappa shape index (κ2) is 7.82. The van der Waals surface area contributed by atoms with Gasteiger partial charge in [0.2, 0.25) is 5.91 Å². The summed E-state index contributed by atoms with van der Waals surface area (Å²) in [5.74, 6) is -1.43. The third-order valence-electron chi connectivity index (χ3n) is 4.23. The van der Waals surface area contributed by atoms with E-state index in [1.165, 1.54) is 13.2 Å². The number of aromatic nitrogens is 1. The molecule has 0 aliphatic carbocycles. The Morgan fingerprint density at radius 3 is 2.62 bits per heavy atom. The zero-order valence-electron chi connectivity index (χ0n) is 14.3. The molecular formula is C20H19FN2O3. The first kappa shape index (κ1) is 17.7. The standard InChI is InChI=1S/C20H19FN2O3/c1-26-20(25)18(10-14-12-22-17-9-5-3-7-15(14)17)23-19(24)11-13-6-2-4-8-16(13)21/h2-9,12,18,22H,10-11H2,1H3,(H,23,24)/t18-/m0/s1. The summed E-state index contributed by atoms with van der Waals surface area (Å²) in [5, 5.41) is 3.63. The highest BCUT2D eigenvalue weighted by Crippen LogP contribution is 2.19. The molecule has 1 atom stereocenters. The van der Waals surface area contributed by atoms with Crippen molar-refractivity contribution in [2.24, 2.45) is 0 Å². The molecule has 0 unspecified atom stereocenters. The van der Waals surface area contributed by atoms with Gasteiger partial charge in [0.15, 0.2) is 0 Å². The van der Waals surface area contributed by atoms with E-state index < -0.39 is 23.7 Å². The normalized spacial score (nSPS) is 11.9. The van der Waals surface area contributed by atoms with Crippen LogP contribution in [0.3, 0.4) is 0 Å². The van der Waals surface area contributed by atoms with Crippen LogP contribution in [0.2, 0.25) is 0 Å². The fourth-order valence-corrected chi connectivity index (χ4v) is 2.92. The summed E-state index contributed by atoms with van der Waals surface area (Å²) in [7, 11) is 1.27. The average molecular weight is 354 g/mol. The van der Waals surface area contributed by atoms with Crippen LogP contribution in [0.1, 0.15) is 11.1 Å². The number of hydrogen-bond acceptors (Lipinski definition) is 3. The van der Waals surface area contributed by atoms with Gasteiger partial charge in [-0.1, -0.05) is 36.4 Å². The molecule has 0 aliphatic rings. The third kappa shape index (κ3) is 3.91. The summed E-state index contributed by atoms with van der Waals surface area (Å²) in [6.07, 6.45) is 1.94. The molecular weight excluding hydrogens is 335 g/mol. The van der Waals surface area contributed by atoms with Gasteiger partial charge in [-0.3, -0.25) is 4.79 Å². The summed E-state index contributed by atoms with van der Waals surface area (Å²) < 4.78 is 18.5. The molecule has 134 valence electrons. The number of nitrogens with one attached hydrogen (secondary N) is 2. The second-order valence-corrected chi connectivity index (χ2v) is 5.98. The molecule has 1 amide bonds. The highest BCUT2D eigenvalue weighted by Gasteiger charge is 2.23. The molecule has 3 aromatic rings. The molecule has 0 spiro atoms. The number of methoxy groups -OCH3 is 1. The van der Waals surface area contributed by atoms with Crippen LogP contribution in [0.25, 0.3) is 10.9 Å². The molecule has 0 saturated carbocycles. The number of hydrogen-bond donors (Lipinski definition) is 2. The van der Waals surface area contributed by atoms with Crippen molar-refractivity contribution < 1.29 is 18.7 Å². The number of fused-ring (bicyclic) bond motifs is 1. The van der Waals surface area contributed by atoms with E-state index in [0.717, 1.165) is 16.5 Å². The molecule has 6 heteroatoms. The minimum atomic E-state index is -0.849. The summed E-state index contributed by atoms with van der Waals surface area (Å²) in [4.78, 5) is 27.5. The van der Waals surface area contributed by atoms with Gasteiger partial charge < -0.3 is 15.0 Å². The van der Waals surface area contributed by atoms with E-state index >= 15 is 0 Å². The van der Waals surface area contributed by atoms with Crippen LogP contribution < -0.4 is 5.32 Å². The lowest BCUT2D eigenvalue weighted by molar-refractivity contribution is -0.145. The highest BCUT2D eigenvalue weighted by molar-refractivity contribution is 5.88. The molecule has 0 aliphatic heterocycles. The van der Waals surface area contributed by atoms with Crippen LogP contribution >= 0.6 is 0 Å². The molecule has 1 heterocycles. The number of ether oxygens (including phenoxy) is 1. The van der Waals surface area contributed by atoms with E-state index in [0.29, 0.717) is 0 Å². The van der Waals surface area contributed by atoms with Gasteiger partial charge in [-0.25, -0.2) is 9.18 Å². The Kier molecular flexibility index (Phi) is 5.31. The lowest BCUT2D eigenvalue weighted by atomic mass is 10.0. The van der Waals surface area contributed by atoms with Crippen LogP contribution in [-0.4, -0.2) is 30.0 Å². The van der Waals surface area contributed by atoms with Gasteiger partial charge >= 0.3 is 5.97 Å². The largest absolute Gasteiger partial charge is 0.467 e. The predicted molar refractivity (Wildman–Crippen MR) is 96.1 cm³/mol. The van der Waals surface area contributed by atoms with Crippen LogP contribution in [0, 0.1) is 5.82 Å². The predicted octanol–water partition coefficient (Wildman–Crippen LogP) is 2.75. The Balaban J connectivity index is 1.75. The maximum Gasteiger partial charge on any atom is 0.328 e. The number of amides is 1. The number of halogens is 1. The van der Waals surface area contributed by atoms with Crippen molar-refractivity contribution in [1.82, 2.24) is 10.3 Å². The minimum absolute atomic E-state index is 0.145. The van der Waals surface area contributed by atoms with Gasteiger partial charge in [-0.05, 0) is 23.3 Å². The molecule has 0 bridgehead atoms. The number of H-pyrrole nitrogens is 1. The van der Waals surface area contributed by atoms with E-state index in [1.54, 1.807) is 18.2 Å². The molecule has 1 aromatic heterocycles. The number of aromatic amines is 1. The maximum atomic E-state index is 13.7. The molecule has 26 heavy (non-hydrogen) atoms. The zero-order valence-corrected chi connectivity index (χ0v) is 14.3. The minimum Gasteiger partial charge on any atom is -0.467 e. The summed E-state index contributed by atoms with van der Waals surface area (Å²) in [6, 6.07) is 12.9. The Bertz CT molecular complexity index is 935. The molecule has 0 fully saturated rings. The third-order valence-corrected chi connectivity index (χ3v) is 4.23. The van der Waals surface area contributed by atoms with Crippen molar-refractivity contribution in [2.45, 2.75) is 18.9 Å². The Hall–Kier alpha value is -3.15. The van der Waals surface area contributed by atoms with Crippen molar-refractivity contribution in [3.05, 3.63) is 71.7 Å². The molecule has 3 rings (SSSR count). The average Bonchev–Trinajstić information content (AvgIpc) is 3.05. The molecule has 0 radical (unpaired) electrons. The monoisotopic (exact) mass is 354 g/mol. The first-order valence-electron chi connectivity index (χ1n) is 8.24. The van der Waals surface area contributed by atoms with E-state index in [9.17, 15) is 14.0 Å². The topological polar surface area (TPSA) is 71.2 Å². The fourth-order valence-electron chi connectivity index (χ4n) is 2.92. The summed E-state index contributed by atoms with van der Waals surface area (Å²) >= 11 is 0. The Labute approximate surface area is 150 Å². The number of para-hydroxylation sites is 1. The van der Waals surface area contributed by atoms with Crippen LogP contribution in [0.15, 0.2) is 54.7 Å². The molecule has 2 aromatic carbocycles. The van der Waals surface area contributed by atoms with E-state index in [2.05, 4.69) is 10.3 Å². The second-order valence-electron chi connectivity index (χ2n) is 5.98. The fraction of sp³-hybridized carbons (Fsp3) is 0.200. The van der Waals surface area contributed by atoms with Crippen molar-refractivity contribution in [1.29, 1.82) is 0 Å². The molecule has 5 nitrogen and oxygen atoms in total. The zero-order chi connectivity index (χ0) is 18.5. The van der Waals surface area contributed by atoms with Gasteiger partial charge in [0.25, 0.3) is 0 Å². The Morgan fingerprint density at radius 2 is 1.85 bits per heavy atom. The summed E-state index contributed by atoms with van der Waals surface area (Å²) in [5.41, 5.74) is 2.12. The first-order chi connectivity index (χ1) is 12.6. The van der Waals surface area contributed by atoms with Crippen LogP contribution in [0.5, 0.6) is 0 Å². The SMILES string of the molecule is COC(=O)[C@H](Cc1c[nH]c2ccccc12)NC(=O)Cc1ccccc1F. The van der Waals surface area contributed by atoms with Crippen molar-refractivity contribution in [3.63, 3.8) is 0 Å². The number of rotatable bonds is 6. The lowest BCUT2D eigenvalue weighted by Crippen LogP contribution is -2.43. The van der Waals surface area contributed by atoms with Crippen LogP contribution in [0.4, 0.5) is 4.39 Å². The summed E-state index contributed by atoms with van der Waals surface area (Å²) in [6.45, 7) is 0. The quantitative estimate of drug-likeness (QED) is 0.669. The molecule has 2 N–H and O–H groups in total. The van der Waals surface area contributed by atoms with Crippen molar-refractivity contribution in [3.8, 4) is 0 Å².